The van der Waals surface area contributed by atoms with E-state index in [-0.39, 0.29) is 5.92 Å². The minimum absolute atomic E-state index is 0.251. The first-order valence-electron chi connectivity index (χ1n) is 6.18. The molecule has 0 spiro atoms. The molecule has 2 aliphatic heterocycles. The van der Waals surface area contributed by atoms with Gasteiger partial charge in [0.15, 0.2) is 5.78 Å². The van der Waals surface area contributed by atoms with E-state index in [2.05, 4.69) is 5.32 Å². The first-order valence-corrected chi connectivity index (χ1v) is 6.18. The second-order valence-corrected chi connectivity index (χ2v) is 5.04. The number of ketones is 1. The van der Waals surface area contributed by atoms with E-state index >= 15 is 0 Å². The molecule has 2 fully saturated rings. The number of carbonyl (C=O) groups is 1. The van der Waals surface area contributed by atoms with Crippen LogP contribution in [0.4, 0.5) is 0 Å². The third-order valence-electron chi connectivity index (χ3n) is 3.90. The molecule has 0 aliphatic carbocycles. The van der Waals surface area contributed by atoms with Crippen LogP contribution in [-0.2, 0) is 0 Å². The van der Waals surface area contributed by atoms with E-state index in [0.717, 1.165) is 18.4 Å². The monoisotopic (exact) mass is 215 g/mol. The van der Waals surface area contributed by atoms with Crippen LogP contribution in [0.25, 0.3) is 0 Å². The van der Waals surface area contributed by atoms with E-state index in [0.29, 0.717) is 17.9 Å². The number of carbonyl (C=O) groups excluding carboxylic acids is 1. The summed E-state index contributed by atoms with van der Waals surface area (Å²) in [5.74, 6) is 0.597. The van der Waals surface area contributed by atoms with Gasteiger partial charge >= 0.3 is 0 Å². The molecule has 0 aromatic heterocycles. The second-order valence-electron chi connectivity index (χ2n) is 5.04. The molecule has 2 nitrogen and oxygen atoms in total. The van der Waals surface area contributed by atoms with Crippen molar-refractivity contribution in [1.29, 1.82) is 0 Å². The predicted molar refractivity (Wildman–Crippen MR) is 63.4 cm³/mol. The van der Waals surface area contributed by atoms with Crippen molar-refractivity contribution in [3.8, 4) is 0 Å². The molecular weight excluding hydrogens is 198 g/mol. The highest BCUT2D eigenvalue weighted by molar-refractivity contribution is 5.97. The van der Waals surface area contributed by atoms with Crippen LogP contribution in [0, 0.1) is 5.92 Å². The first kappa shape index (κ1) is 10.0. The van der Waals surface area contributed by atoms with Gasteiger partial charge in [-0.25, -0.2) is 0 Å². The van der Waals surface area contributed by atoms with Gasteiger partial charge in [0.25, 0.3) is 0 Å². The lowest BCUT2D eigenvalue weighted by Crippen LogP contribution is -2.40. The molecule has 2 aliphatic rings. The molecule has 2 unspecified atom stereocenters. The summed E-state index contributed by atoms with van der Waals surface area (Å²) in [4.78, 5) is 12.3. The van der Waals surface area contributed by atoms with Crippen LogP contribution in [0.15, 0.2) is 30.3 Å². The lowest BCUT2D eigenvalue weighted by molar-refractivity contribution is 0.0875. The molecule has 2 saturated heterocycles. The Kier molecular flexibility index (Phi) is 2.52. The maximum atomic E-state index is 12.3. The number of nitrogens with one attached hydrogen (secondary N) is 1. The topological polar surface area (TPSA) is 29.1 Å². The van der Waals surface area contributed by atoms with Crippen molar-refractivity contribution in [1.82, 2.24) is 5.32 Å². The van der Waals surface area contributed by atoms with E-state index in [4.69, 9.17) is 0 Å². The maximum Gasteiger partial charge on any atom is 0.166 e. The fourth-order valence-corrected chi connectivity index (χ4v) is 3.11. The fourth-order valence-electron chi connectivity index (χ4n) is 3.11. The van der Waals surface area contributed by atoms with Crippen LogP contribution in [0.2, 0.25) is 0 Å². The first-order chi connectivity index (χ1) is 7.83. The summed E-state index contributed by atoms with van der Waals surface area (Å²) >= 11 is 0. The predicted octanol–water partition coefficient (Wildman–Crippen LogP) is 2.40. The Balaban J connectivity index is 1.76. The second kappa shape index (κ2) is 4.02. The van der Waals surface area contributed by atoms with Crippen molar-refractivity contribution >= 4 is 5.78 Å². The van der Waals surface area contributed by atoms with E-state index < -0.39 is 0 Å². The molecule has 2 heterocycles. The minimum Gasteiger partial charge on any atom is -0.311 e. The molecule has 16 heavy (non-hydrogen) atoms. The molecule has 1 aromatic carbocycles. The molecule has 0 radical (unpaired) electrons. The standard InChI is InChI=1S/C14H17NO/c16-14(10-4-2-1-3-5-10)11-8-12-6-7-13(9-11)15-12/h1-5,11-13,15H,6-9H2. The van der Waals surface area contributed by atoms with E-state index in [1.165, 1.54) is 12.8 Å². The van der Waals surface area contributed by atoms with Gasteiger partial charge in [0.2, 0.25) is 0 Å². The zero-order chi connectivity index (χ0) is 11.0. The average molecular weight is 215 g/mol. The maximum absolute atomic E-state index is 12.3. The Bertz CT molecular complexity index is 375. The molecular formula is C14H17NO. The molecule has 2 atom stereocenters. The quantitative estimate of drug-likeness (QED) is 0.767. The summed E-state index contributed by atoms with van der Waals surface area (Å²) in [5, 5.41) is 3.57. The highest BCUT2D eigenvalue weighted by Crippen LogP contribution is 2.32. The van der Waals surface area contributed by atoms with Crippen molar-refractivity contribution in [3.63, 3.8) is 0 Å². The molecule has 84 valence electrons. The van der Waals surface area contributed by atoms with Crippen molar-refractivity contribution < 1.29 is 4.79 Å². The number of fused-ring (bicyclic) bond motifs is 2. The van der Waals surface area contributed by atoms with Crippen LogP contribution in [0.5, 0.6) is 0 Å². The van der Waals surface area contributed by atoms with Gasteiger partial charge in [-0.1, -0.05) is 30.3 Å². The Hall–Kier alpha value is -1.15. The summed E-state index contributed by atoms with van der Waals surface area (Å²) in [6, 6.07) is 10.9. The van der Waals surface area contributed by atoms with Crippen molar-refractivity contribution in [3.05, 3.63) is 35.9 Å². The van der Waals surface area contributed by atoms with Gasteiger partial charge in [-0.3, -0.25) is 4.79 Å². The molecule has 2 heteroatoms. The van der Waals surface area contributed by atoms with Gasteiger partial charge in [-0.15, -0.1) is 0 Å². The largest absolute Gasteiger partial charge is 0.311 e. The van der Waals surface area contributed by atoms with Gasteiger partial charge in [0, 0.05) is 23.6 Å². The summed E-state index contributed by atoms with van der Waals surface area (Å²) in [5.41, 5.74) is 0.883. The number of hydrogen-bond donors (Lipinski definition) is 1. The fraction of sp³-hybridized carbons (Fsp3) is 0.500. The molecule has 0 saturated carbocycles. The van der Waals surface area contributed by atoms with Gasteiger partial charge in [-0.05, 0) is 25.7 Å². The van der Waals surface area contributed by atoms with Crippen LogP contribution in [-0.4, -0.2) is 17.9 Å². The third-order valence-corrected chi connectivity index (χ3v) is 3.90. The normalized spacial score (nSPS) is 32.6. The SMILES string of the molecule is O=C(c1ccccc1)C1CC2CCC(C1)N2. The van der Waals surface area contributed by atoms with E-state index in [9.17, 15) is 4.79 Å². The zero-order valence-corrected chi connectivity index (χ0v) is 9.36. The third kappa shape index (κ3) is 1.78. The smallest absolute Gasteiger partial charge is 0.166 e. The Labute approximate surface area is 96.1 Å². The van der Waals surface area contributed by atoms with Crippen LogP contribution >= 0.6 is 0 Å². The number of piperidine rings is 1. The number of benzene rings is 1. The van der Waals surface area contributed by atoms with Gasteiger partial charge < -0.3 is 5.32 Å². The Morgan fingerprint density at radius 2 is 1.69 bits per heavy atom. The van der Waals surface area contributed by atoms with Crippen LogP contribution in [0.1, 0.15) is 36.0 Å². The number of Topliss-reactive ketones (excluding diaryl/α,β-unsaturated/α-hetero) is 1. The van der Waals surface area contributed by atoms with Crippen LogP contribution < -0.4 is 5.32 Å². The highest BCUT2D eigenvalue weighted by Gasteiger charge is 2.36. The Morgan fingerprint density at radius 1 is 1.06 bits per heavy atom. The summed E-state index contributed by atoms with van der Waals surface area (Å²) in [6.07, 6.45) is 4.57. The average Bonchev–Trinajstić information content (AvgIpc) is 2.68. The van der Waals surface area contributed by atoms with Gasteiger partial charge in [0.1, 0.15) is 0 Å². The van der Waals surface area contributed by atoms with Crippen molar-refractivity contribution in [2.75, 3.05) is 0 Å². The molecule has 2 bridgehead atoms. The van der Waals surface area contributed by atoms with Crippen LogP contribution in [0.3, 0.4) is 0 Å². The number of hydrogen-bond acceptors (Lipinski definition) is 2. The highest BCUT2D eigenvalue weighted by atomic mass is 16.1. The lowest BCUT2D eigenvalue weighted by Gasteiger charge is -2.28. The molecule has 1 N–H and O–H groups in total. The summed E-state index contributed by atoms with van der Waals surface area (Å²) < 4.78 is 0. The Morgan fingerprint density at radius 3 is 2.31 bits per heavy atom. The molecule has 1 aromatic rings. The van der Waals surface area contributed by atoms with Gasteiger partial charge in [0.05, 0.1) is 0 Å². The van der Waals surface area contributed by atoms with Gasteiger partial charge in [-0.2, -0.15) is 0 Å². The minimum atomic E-state index is 0.251. The van der Waals surface area contributed by atoms with Crippen molar-refractivity contribution in [2.24, 2.45) is 5.92 Å². The number of rotatable bonds is 2. The molecule has 0 amide bonds. The lowest BCUT2D eigenvalue weighted by atomic mass is 9.86. The zero-order valence-electron chi connectivity index (χ0n) is 9.36. The molecule has 3 rings (SSSR count). The summed E-state index contributed by atoms with van der Waals surface area (Å²) in [6.45, 7) is 0. The summed E-state index contributed by atoms with van der Waals surface area (Å²) in [7, 11) is 0. The van der Waals surface area contributed by atoms with E-state index in [1.807, 2.05) is 30.3 Å². The van der Waals surface area contributed by atoms with Crippen molar-refractivity contribution in [2.45, 2.75) is 37.8 Å². The van der Waals surface area contributed by atoms with E-state index in [1.54, 1.807) is 0 Å².